The second-order valence-corrected chi connectivity index (χ2v) is 7.44. The number of hydrogen-bond donors (Lipinski definition) is 1. The Morgan fingerprint density at radius 3 is 2.70 bits per heavy atom. The van der Waals surface area contributed by atoms with Gasteiger partial charge in [-0.15, -0.1) is 0 Å². The summed E-state index contributed by atoms with van der Waals surface area (Å²) < 4.78 is 3.19. The van der Waals surface area contributed by atoms with E-state index in [1.54, 1.807) is 27.7 Å². The highest BCUT2D eigenvalue weighted by Crippen LogP contribution is 2.18. The van der Waals surface area contributed by atoms with Crippen LogP contribution in [0, 0.1) is 13.8 Å². The zero-order valence-corrected chi connectivity index (χ0v) is 17.3. The number of fused-ring (bicyclic) bond motifs is 1. The first-order chi connectivity index (χ1) is 14.5. The highest BCUT2D eigenvalue weighted by atomic mass is 16.2. The number of rotatable bonds is 5. The molecule has 0 aliphatic rings. The average Bonchev–Trinajstić information content (AvgIpc) is 3.02. The second kappa shape index (κ2) is 7.99. The summed E-state index contributed by atoms with van der Waals surface area (Å²) in [5, 5.41) is 3.46. The minimum atomic E-state index is -0.216. The van der Waals surface area contributed by atoms with Crippen molar-refractivity contribution in [3.05, 3.63) is 87.8 Å². The molecule has 0 unspecified atom stereocenters. The van der Waals surface area contributed by atoms with E-state index in [-0.39, 0.29) is 18.0 Å². The zero-order valence-electron chi connectivity index (χ0n) is 17.3. The van der Waals surface area contributed by atoms with Crippen molar-refractivity contribution in [3.63, 3.8) is 0 Å². The monoisotopic (exact) mass is 400 g/mol. The summed E-state index contributed by atoms with van der Waals surface area (Å²) >= 11 is 0. The SMILES string of the molecule is CCc1cccc(-n2c(=O)c3cccnc3n2CC(=O)Nc2cc(C)ccc2C)c1. The summed E-state index contributed by atoms with van der Waals surface area (Å²) in [6, 6.07) is 17.2. The molecule has 0 saturated heterocycles. The van der Waals surface area contributed by atoms with Crippen molar-refractivity contribution in [1.29, 1.82) is 0 Å². The van der Waals surface area contributed by atoms with Crippen LogP contribution in [0.3, 0.4) is 0 Å². The number of hydrogen-bond acceptors (Lipinski definition) is 3. The van der Waals surface area contributed by atoms with Gasteiger partial charge >= 0.3 is 0 Å². The molecule has 6 heteroatoms. The predicted octanol–water partition coefficient (Wildman–Crippen LogP) is 4.01. The van der Waals surface area contributed by atoms with E-state index in [9.17, 15) is 9.59 Å². The summed E-state index contributed by atoms with van der Waals surface area (Å²) in [6.45, 7) is 5.97. The molecule has 2 aromatic heterocycles. The topological polar surface area (TPSA) is 68.9 Å². The third-order valence-corrected chi connectivity index (χ3v) is 5.22. The van der Waals surface area contributed by atoms with Crippen LogP contribution in [-0.2, 0) is 17.8 Å². The maximum absolute atomic E-state index is 13.2. The normalized spacial score (nSPS) is 11.0. The van der Waals surface area contributed by atoms with E-state index in [1.165, 1.54) is 0 Å². The molecule has 0 fully saturated rings. The van der Waals surface area contributed by atoms with Crippen LogP contribution >= 0.6 is 0 Å². The summed E-state index contributed by atoms with van der Waals surface area (Å²) in [5.41, 5.74) is 4.95. The van der Waals surface area contributed by atoms with E-state index < -0.39 is 0 Å². The number of pyridine rings is 1. The third-order valence-electron chi connectivity index (χ3n) is 5.22. The van der Waals surface area contributed by atoms with E-state index in [2.05, 4.69) is 17.2 Å². The summed E-state index contributed by atoms with van der Waals surface area (Å²) in [7, 11) is 0. The molecular formula is C24H24N4O2. The van der Waals surface area contributed by atoms with E-state index in [1.807, 2.05) is 56.3 Å². The maximum atomic E-state index is 13.2. The van der Waals surface area contributed by atoms with Crippen molar-refractivity contribution in [3.8, 4) is 5.69 Å². The molecular weight excluding hydrogens is 376 g/mol. The van der Waals surface area contributed by atoms with Crippen LogP contribution in [0.5, 0.6) is 0 Å². The van der Waals surface area contributed by atoms with Gasteiger partial charge in [0.05, 0.1) is 11.1 Å². The Balaban J connectivity index is 1.78. The Kier molecular flexibility index (Phi) is 5.23. The second-order valence-electron chi connectivity index (χ2n) is 7.44. The number of nitrogens with zero attached hydrogens (tertiary/aromatic N) is 3. The molecule has 0 aliphatic carbocycles. The molecule has 0 saturated carbocycles. The molecule has 30 heavy (non-hydrogen) atoms. The molecule has 152 valence electrons. The minimum Gasteiger partial charge on any atom is -0.324 e. The fourth-order valence-corrected chi connectivity index (χ4v) is 3.59. The fraction of sp³-hybridized carbons (Fsp3) is 0.208. The van der Waals surface area contributed by atoms with Crippen molar-refractivity contribution in [2.45, 2.75) is 33.7 Å². The van der Waals surface area contributed by atoms with Crippen molar-refractivity contribution >= 4 is 22.6 Å². The van der Waals surface area contributed by atoms with Crippen molar-refractivity contribution in [2.75, 3.05) is 5.32 Å². The first-order valence-corrected chi connectivity index (χ1v) is 10.0. The smallest absolute Gasteiger partial charge is 0.280 e. The average molecular weight is 400 g/mol. The van der Waals surface area contributed by atoms with Crippen molar-refractivity contribution in [2.24, 2.45) is 0 Å². The Morgan fingerprint density at radius 2 is 1.90 bits per heavy atom. The van der Waals surface area contributed by atoms with E-state index in [0.29, 0.717) is 11.0 Å². The van der Waals surface area contributed by atoms with Gasteiger partial charge < -0.3 is 5.32 Å². The minimum absolute atomic E-state index is 0.0283. The molecule has 6 nitrogen and oxygen atoms in total. The summed E-state index contributed by atoms with van der Waals surface area (Å²) in [6.07, 6.45) is 2.49. The lowest BCUT2D eigenvalue weighted by molar-refractivity contribution is -0.116. The van der Waals surface area contributed by atoms with Gasteiger partial charge in [-0.25, -0.2) is 9.67 Å². The molecule has 1 amide bonds. The Hall–Kier alpha value is -3.67. The lowest BCUT2D eigenvalue weighted by atomic mass is 10.1. The fourth-order valence-electron chi connectivity index (χ4n) is 3.59. The van der Waals surface area contributed by atoms with Crippen LogP contribution in [0.4, 0.5) is 5.69 Å². The quantitative estimate of drug-likeness (QED) is 0.550. The van der Waals surface area contributed by atoms with Crippen LogP contribution in [-0.4, -0.2) is 20.3 Å². The molecule has 0 spiro atoms. The van der Waals surface area contributed by atoms with Gasteiger partial charge in [-0.1, -0.05) is 31.2 Å². The lowest BCUT2D eigenvalue weighted by Crippen LogP contribution is -2.27. The highest BCUT2D eigenvalue weighted by molar-refractivity contribution is 5.92. The molecule has 4 rings (SSSR count). The van der Waals surface area contributed by atoms with Crippen molar-refractivity contribution in [1.82, 2.24) is 14.3 Å². The van der Waals surface area contributed by atoms with Gasteiger partial charge in [-0.3, -0.25) is 14.3 Å². The maximum Gasteiger partial charge on any atom is 0.280 e. The van der Waals surface area contributed by atoms with Gasteiger partial charge in [0.25, 0.3) is 5.56 Å². The summed E-state index contributed by atoms with van der Waals surface area (Å²) in [4.78, 5) is 30.5. The van der Waals surface area contributed by atoms with E-state index in [4.69, 9.17) is 0 Å². The van der Waals surface area contributed by atoms with E-state index >= 15 is 0 Å². The molecule has 0 aliphatic heterocycles. The zero-order chi connectivity index (χ0) is 21.3. The largest absolute Gasteiger partial charge is 0.324 e. The lowest BCUT2D eigenvalue weighted by Gasteiger charge is -2.14. The third kappa shape index (κ3) is 3.64. The highest BCUT2D eigenvalue weighted by Gasteiger charge is 2.18. The van der Waals surface area contributed by atoms with Gasteiger partial charge in [0.2, 0.25) is 5.91 Å². The van der Waals surface area contributed by atoms with Gasteiger partial charge in [0, 0.05) is 11.9 Å². The standard InChI is InChI=1S/C24H24N4O2/c1-4-18-7-5-8-19(14-18)28-24(30)20-9-6-12-25-23(20)27(28)15-22(29)26-21-13-16(2)10-11-17(21)3/h5-14H,4,15H2,1-3H3,(H,26,29). The Morgan fingerprint density at radius 1 is 1.07 bits per heavy atom. The number of aryl methyl sites for hydroxylation is 3. The van der Waals surface area contributed by atoms with Crippen LogP contribution in [0.25, 0.3) is 16.7 Å². The number of aromatic nitrogens is 3. The number of benzene rings is 2. The first kappa shape index (κ1) is 19.6. The van der Waals surface area contributed by atoms with Crippen molar-refractivity contribution < 1.29 is 4.79 Å². The van der Waals surface area contributed by atoms with E-state index in [0.717, 1.165) is 34.5 Å². The first-order valence-electron chi connectivity index (χ1n) is 10.0. The Bertz CT molecular complexity index is 1300. The van der Waals surface area contributed by atoms with Crippen LogP contribution < -0.4 is 10.9 Å². The molecule has 0 radical (unpaired) electrons. The number of nitrogens with one attached hydrogen (secondary N) is 1. The van der Waals surface area contributed by atoms with Crippen LogP contribution in [0.15, 0.2) is 65.6 Å². The number of anilines is 1. The number of carbonyl (C=O) groups excluding carboxylic acids is 1. The predicted molar refractivity (Wildman–Crippen MR) is 119 cm³/mol. The number of carbonyl (C=O) groups is 1. The van der Waals surface area contributed by atoms with Gasteiger partial charge in [0.15, 0.2) is 5.65 Å². The van der Waals surface area contributed by atoms with Gasteiger partial charge in [-0.2, -0.15) is 0 Å². The van der Waals surface area contributed by atoms with Gasteiger partial charge in [-0.05, 0) is 67.3 Å². The molecule has 0 atom stereocenters. The van der Waals surface area contributed by atoms with Gasteiger partial charge in [0.1, 0.15) is 6.54 Å². The molecule has 4 aromatic rings. The molecule has 2 heterocycles. The molecule has 0 bridgehead atoms. The Labute approximate surface area is 174 Å². The number of amides is 1. The van der Waals surface area contributed by atoms with Crippen LogP contribution in [0.1, 0.15) is 23.6 Å². The van der Waals surface area contributed by atoms with Crippen LogP contribution in [0.2, 0.25) is 0 Å². The molecule has 1 N–H and O–H groups in total. The molecule has 2 aromatic carbocycles. The summed E-state index contributed by atoms with van der Waals surface area (Å²) in [5.74, 6) is -0.216.